The molecule has 0 bridgehead atoms. The summed E-state index contributed by atoms with van der Waals surface area (Å²) in [5.41, 5.74) is 0. The van der Waals surface area contributed by atoms with Gasteiger partial charge in [0.1, 0.15) is 0 Å². The van der Waals surface area contributed by atoms with Crippen molar-refractivity contribution in [2.75, 3.05) is 12.3 Å². The molecule has 0 aliphatic carbocycles. The lowest BCUT2D eigenvalue weighted by atomic mass is 10.0. The second-order valence-corrected chi connectivity index (χ2v) is 3.46. The van der Waals surface area contributed by atoms with E-state index in [0.717, 1.165) is 11.8 Å². The normalized spacial score (nSPS) is 26.7. The van der Waals surface area contributed by atoms with E-state index in [9.17, 15) is 0 Å². The molecule has 0 spiro atoms. The Morgan fingerprint density at radius 3 is 2.90 bits per heavy atom. The van der Waals surface area contributed by atoms with Crippen molar-refractivity contribution in [3.8, 4) is 0 Å². The summed E-state index contributed by atoms with van der Waals surface area (Å²) in [5.74, 6) is 1.04. The van der Waals surface area contributed by atoms with Crippen LogP contribution in [0.4, 0.5) is 0 Å². The van der Waals surface area contributed by atoms with Crippen LogP contribution in [0.5, 0.6) is 0 Å². The Kier molecular flexibility index (Phi) is 4.23. The minimum Gasteiger partial charge on any atom is -0.314 e. The van der Waals surface area contributed by atoms with Gasteiger partial charge in [-0.2, -0.15) is 12.6 Å². The van der Waals surface area contributed by atoms with E-state index in [-0.39, 0.29) is 0 Å². The predicted molar refractivity (Wildman–Crippen MR) is 48.7 cm³/mol. The fourth-order valence-corrected chi connectivity index (χ4v) is 1.69. The lowest BCUT2D eigenvalue weighted by molar-refractivity contribution is 0.381. The van der Waals surface area contributed by atoms with Crippen LogP contribution in [0.25, 0.3) is 0 Å². The van der Waals surface area contributed by atoms with E-state index in [0.29, 0.717) is 0 Å². The number of rotatable bonds is 3. The fourth-order valence-electron chi connectivity index (χ4n) is 1.51. The largest absolute Gasteiger partial charge is 0.314 e. The topological polar surface area (TPSA) is 12.0 Å². The van der Waals surface area contributed by atoms with Crippen molar-refractivity contribution < 1.29 is 0 Å². The van der Waals surface area contributed by atoms with E-state index < -0.39 is 0 Å². The maximum atomic E-state index is 4.19. The number of piperidine rings is 1. The van der Waals surface area contributed by atoms with E-state index >= 15 is 0 Å². The number of thiol groups is 1. The van der Waals surface area contributed by atoms with Gasteiger partial charge >= 0.3 is 0 Å². The molecule has 0 amide bonds. The average molecular weight is 159 g/mol. The SMILES string of the molecule is SCCC[C@H]1CCCCN1. The first-order chi connectivity index (χ1) is 4.93. The van der Waals surface area contributed by atoms with Gasteiger partial charge in [-0.1, -0.05) is 6.42 Å². The molecule has 1 heterocycles. The third-order valence-corrected chi connectivity index (χ3v) is 2.44. The number of hydrogen-bond acceptors (Lipinski definition) is 2. The molecule has 1 fully saturated rings. The molecule has 1 nitrogen and oxygen atoms in total. The van der Waals surface area contributed by atoms with Gasteiger partial charge in [-0.05, 0) is 38.0 Å². The van der Waals surface area contributed by atoms with Crippen molar-refractivity contribution >= 4 is 12.6 Å². The van der Waals surface area contributed by atoms with Crippen LogP contribution in [0.15, 0.2) is 0 Å². The van der Waals surface area contributed by atoms with Crippen molar-refractivity contribution in [3.63, 3.8) is 0 Å². The van der Waals surface area contributed by atoms with Crippen molar-refractivity contribution in [1.82, 2.24) is 5.32 Å². The van der Waals surface area contributed by atoms with Crippen molar-refractivity contribution in [2.24, 2.45) is 0 Å². The molecular formula is C8H17NS. The quantitative estimate of drug-likeness (QED) is 0.599. The summed E-state index contributed by atoms with van der Waals surface area (Å²) < 4.78 is 0. The van der Waals surface area contributed by atoms with Crippen molar-refractivity contribution in [2.45, 2.75) is 38.1 Å². The second-order valence-electron chi connectivity index (χ2n) is 3.01. The highest BCUT2D eigenvalue weighted by Crippen LogP contribution is 2.11. The third kappa shape index (κ3) is 2.93. The highest BCUT2D eigenvalue weighted by atomic mass is 32.1. The molecular weight excluding hydrogens is 142 g/mol. The lowest BCUT2D eigenvalue weighted by Gasteiger charge is -2.22. The van der Waals surface area contributed by atoms with Gasteiger partial charge in [0.2, 0.25) is 0 Å². The Balaban J connectivity index is 2.02. The first kappa shape index (κ1) is 8.41. The first-order valence-corrected chi connectivity index (χ1v) is 4.91. The summed E-state index contributed by atoms with van der Waals surface area (Å²) in [6.07, 6.45) is 6.76. The van der Waals surface area contributed by atoms with Crippen LogP contribution in [-0.4, -0.2) is 18.3 Å². The highest BCUT2D eigenvalue weighted by molar-refractivity contribution is 7.80. The summed E-state index contributed by atoms with van der Waals surface area (Å²) in [6.45, 7) is 1.23. The van der Waals surface area contributed by atoms with Gasteiger partial charge < -0.3 is 5.32 Å². The van der Waals surface area contributed by atoms with E-state index in [1.54, 1.807) is 0 Å². The summed E-state index contributed by atoms with van der Waals surface area (Å²) in [6, 6.07) is 0.806. The van der Waals surface area contributed by atoms with Gasteiger partial charge in [0, 0.05) is 6.04 Å². The van der Waals surface area contributed by atoms with E-state index in [1.165, 1.54) is 38.6 Å². The zero-order chi connectivity index (χ0) is 7.23. The van der Waals surface area contributed by atoms with Crippen LogP contribution in [0.2, 0.25) is 0 Å². The average Bonchev–Trinajstić information content (AvgIpc) is 2.03. The molecule has 10 heavy (non-hydrogen) atoms. The first-order valence-electron chi connectivity index (χ1n) is 4.27. The zero-order valence-corrected chi connectivity index (χ0v) is 7.37. The number of nitrogens with one attached hydrogen (secondary N) is 1. The van der Waals surface area contributed by atoms with Crippen molar-refractivity contribution in [3.05, 3.63) is 0 Å². The monoisotopic (exact) mass is 159 g/mol. The van der Waals surface area contributed by atoms with Crippen LogP contribution < -0.4 is 5.32 Å². The molecule has 2 heteroatoms. The number of hydrogen-bond donors (Lipinski definition) is 2. The second kappa shape index (κ2) is 5.03. The summed E-state index contributed by atoms with van der Waals surface area (Å²) in [4.78, 5) is 0. The molecule has 0 aromatic rings. The molecule has 0 aromatic carbocycles. The van der Waals surface area contributed by atoms with Crippen molar-refractivity contribution in [1.29, 1.82) is 0 Å². The van der Waals surface area contributed by atoms with Crippen LogP contribution in [0, 0.1) is 0 Å². The molecule has 0 radical (unpaired) electrons. The molecule has 0 saturated carbocycles. The Bertz CT molecular complexity index is 79.3. The highest BCUT2D eigenvalue weighted by Gasteiger charge is 2.10. The predicted octanol–water partition coefficient (Wildman–Crippen LogP) is 1.84. The molecule has 1 aliphatic rings. The van der Waals surface area contributed by atoms with Crippen LogP contribution in [0.3, 0.4) is 0 Å². The molecule has 60 valence electrons. The van der Waals surface area contributed by atoms with E-state index in [2.05, 4.69) is 17.9 Å². The Morgan fingerprint density at radius 1 is 1.40 bits per heavy atom. The van der Waals surface area contributed by atoms with Gasteiger partial charge in [-0.3, -0.25) is 0 Å². The van der Waals surface area contributed by atoms with E-state index in [1.807, 2.05) is 0 Å². The van der Waals surface area contributed by atoms with Crippen LogP contribution in [0.1, 0.15) is 32.1 Å². The summed E-state index contributed by atoms with van der Waals surface area (Å²) >= 11 is 4.19. The third-order valence-electron chi connectivity index (χ3n) is 2.12. The minimum absolute atomic E-state index is 0.806. The maximum absolute atomic E-state index is 4.19. The molecule has 0 unspecified atom stereocenters. The Hall–Kier alpha value is 0.310. The molecule has 1 aliphatic heterocycles. The Morgan fingerprint density at radius 2 is 2.30 bits per heavy atom. The summed E-state index contributed by atoms with van der Waals surface area (Å²) in [5, 5.41) is 3.52. The zero-order valence-electron chi connectivity index (χ0n) is 6.47. The van der Waals surface area contributed by atoms with Gasteiger partial charge in [0.15, 0.2) is 0 Å². The van der Waals surface area contributed by atoms with Crippen LogP contribution >= 0.6 is 12.6 Å². The van der Waals surface area contributed by atoms with Gasteiger partial charge in [-0.25, -0.2) is 0 Å². The summed E-state index contributed by atoms with van der Waals surface area (Å²) in [7, 11) is 0. The lowest BCUT2D eigenvalue weighted by Crippen LogP contribution is -2.33. The minimum atomic E-state index is 0.806. The standard InChI is InChI=1S/C8H17NS/c10-7-3-5-8-4-1-2-6-9-8/h8-10H,1-7H2/t8-/m1/s1. The molecule has 0 aromatic heterocycles. The maximum Gasteiger partial charge on any atom is 0.00673 e. The van der Waals surface area contributed by atoms with E-state index in [4.69, 9.17) is 0 Å². The van der Waals surface area contributed by atoms with Gasteiger partial charge in [-0.15, -0.1) is 0 Å². The molecule has 1 atom stereocenters. The van der Waals surface area contributed by atoms with Gasteiger partial charge in [0.25, 0.3) is 0 Å². The fraction of sp³-hybridized carbons (Fsp3) is 1.00. The molecule has 1 rings (SSSR count). The van der Waals surface area contributed by atoms with Crippen LogP contribution in [-0.2, 0) is 0 Å². The van der Waals surface area contributed by atoms with Gasteiger partial charge in [0.05, 0.1) is 0 Å². The smallest absolute Gasteiger partial charge is 0.00673 e. The molecule has 1 N–H and O–H groups in total. The Labute approximate surface area is 69.0 Å². The molecule has 1 saturated heterocycles.